The molecule has 6 nitrogen and oxygen atoms in total. The van der Waals surface area contributed by atoms with E-state index in [1.165, 1.54) is 28.6 Å². The Morgan fingerprint density at radius 3 is 2.87 bits per heavy atom. The maximum Gasteiger partial charge on any atom is 0.259 e. The summed E-state index contributed by atoms with van der Waals surface area (Å²) >= 11 is 3.11. The smallest absolute Gasteiger partial charge is 0.259 e. The van der Waals surface area contributed by atoms with Crippen LogP contribution in [0.3, 0.4) is 0 Å². The van der Waals surface area contributed by atoms with Crippen LogP contribution < -0.4 is 15.6 Å². The molecule has 1 amide bonds. The van der Waals surface area contributed by atoms with Crippen molar-refractivity contribution in [3.05, 3.63) is 56.4 Å². The number of hydrogen-bond acceptors (Lipinski definition) is 6. The molecule has 0 spiro atoms. The molecule has 0 aliphatic heterocycles. The van der Waals surface area contributed by atoms with E-state index in [4.69, 9.17) is 4.74 Å². The number of fused-ring (bicyclic) bond motifs is 3. The Labute approximate surface area is 183 Å². The highest BCUT2D eigenvalue weighted by molar-refractivity contribution is 7.99. The van der Waals surface area contributed by atoms with Crippen molar-refractivity contribution in [2.45, 2.75) is 37.9 Å². The summed E-state index contributed by atoms with van der Waals surface area (Å²) in [4.78, 5) is 34.4. The van der Waals surface area contributed by atoms with Gasteiger partial charge in [0, 0.05) is 11.4 Å². The van der Waals surface area contributed by atoms with Crippen LogP contribution in [0.2, 0.25) is 0 Å². The lowest BCUT2D eigenvalue weighted by molar-refractivity contribution is -0.118. The topological polar surface area (TPSA) is 84.1 Å². The summed E-state index contributed by atoms with van der Waals surface area (Å²) in [5.41, 5.74) is 2.31. The van der Waals surface area contributed by atoms with Gasteiger partial charge in [0.05, 0.1) is 24.0 Å². The predicted molar refractivity (Wildman–Crippen MR) is 123 cm³/mol. The number of aromatic nitrogens is 2. The van der Waals surface area contributed by atoms with E-state index in [1.54, 1.807) is 18.4 Å². The predicted octanol–water partition coefficient (Wildman–Crippen LogP) is 3.46. The van der Waals surface area contributed by atoms with Gasteiger partial charge in [-0.2, -0.15) is 0 Å². The number of aromatic amines is 1. The molecule has 158 valence electrons. The third-order valence-electron chi connectivity index (χ3n) is 5.24. The molecule has 0 bridgehead atoms. The van der Waals surface area contributed by atoms with Crippen molar-refractivity contribution in [2.24, 2.45) is 0 Å². The van der Waals surface area contributed by atoms with Gasteiger partial charge in [0.25, 0.3) is 5.56 Å². The van der Waals surface area contributed by atoms with E-state index in [0.29, 0.717) is 23.9 Å². The molecule has 1 aromatic carbocycles. The van der Waals surface area contributed by atoms with E-state index in [-0.39, 0.29) is 11.5 Å². The van der Waals surface area contributed by atoms with Gasteiger partial charge in [-0.1, -0.05) is 12.1 Å². The van der Waals surface area contributed by atoms with Crippen LogP contribution in [-0.2, 0) is 29.8 Å². The summed E-state index contributed by atoms with van der Waals surface area (Å²) in [5, 5.41) is 3.72. The maximum atomic E-state index is 12.6. The molecule has 4 rings (SSSR count). The quantitative estimate of drug-likeness (QED) is 0.557. The van der Waals surface area contributed by atoms with E-state index >= 15 is 0 Å². The molecule has 3 aromatic rings. The molecule has 8 heteroatoms. The lowest BCUT2D eigenvalue weighted by Gasteiger charge is -2.09. The van der Waals surface area contributed by atoms with Gasteiger partial charge in [0.15, 0.2) is 0 Å². The summed E-state index contributed by atoms with van der Waals surface area (Å²) < 4.78 is 5.15. The van der Waals surface area contributed by atoms with Crippen LogP contribution in [-0.4, -0.2) is 35.3 Å². The molecule has 2 aromatic heterocycles. The van der Waals surface area contributed by atoms with Gasteiger partial charge in [-0.15, -0.1) is 23.1 Å². The second-order valence-electron chi connectivity index (χ2n) is 7.34. The van der Waals surface area contributed by atoms with Crippen molar-refractivity contribution in [3.63, 3.8) is 0 Å². The average molecular weight is 444 g/mol. The van der Waals surface area contributed by atoms with Crippen LogP contribution in [0.15, 0.2) is 29.1 Å². The molecular formula is C22H25N3O3S2. The van der Waals surface area contributed by atoms with E-state index in [0.717, 1.165) is 47.2 Å². The molecule has 0 unspecified atom stereocenters. The normalized spacial score (nSPS) is 13.2. The molecule has 0 saturated heterocycles. The lowest BCUT2D eigenvalue weighted by Crippen LogP contribution is -2.27. The number of nitrogens with one attached hydrogen (secondary N) is 2. The monoisotopic (exact) mass is 443 g/mol. The molecular weight excluding hydrogens is 418 g/mol. The van der Waals surface area contributed by atoms with Crippen LogP contribution in [0.25, 0.3) is 10.2 Å². The number of thiophene rings is 1. The summed E-state index contributed by atoms with van der Waals surface area (Å²) in [6.07, 6.45) is 5.13. The first kappa shape index (κ1) is 20.9. The van der Waals surface area contributed by atoms with Crippen LogP contribution in [0.5, 0.6) is 5.75 Å². The van der Waals surface area contributed by atoms with Gasteiger partial charge >= 0.3 is 0 Å². The number of rotatable bonds is 8. The van der Waals surface area contributed by atoms with Crippen molar-refractivity contribution in [1.29, 1.82) is 0 Å². The fraction of sp³-hybridized carbons (Fsp3) is 0.409. The second kappa shape index (κ2) is 9.66. The number of carbonyl (C=O) groups is 1. The Balaban J connectivity index is 1.26. The van der Waals surface area contributed by atoms with Crippen molar-refractivity contribution in [3.8, 4) is 5.75 Å². The Morgan fingerprint density at radius 1 is 1.27 bits per heavy atom. The molecule has 0 saturated carbocycles. The number of hydrogen-bond donors (Lipinski definition) is 2. The molecule has 0 atom stereocenters. The number of H-pyrrole nitrogens is 1. The first-order valence-corrected chi connectivity index (χ1v) is 12.1. The number of ether oxygens (including phenoxy) is 1. The number of thioether (sulfide) groups is 1. The third-order valence-corrected chi connectivity index (χ3v) is 7.37. The third kappa shape index (κ3) is 4.87. The average Bonchev–Trinajstić information content (AvgIpc) is 3.13. The first-order chi connectivity index (χ1) is 14.6. The van der Waals surface area contributed by atoms with Gasteiger partial charge in [-0.25, -0.2) is 4.98 Å². The van der Waals surface area contributed by atoms with Gasteiger partial charge < -0.3 is 15.0 Å². The minimum absolute atomic E-state index is 0.0106. The minimum atomic E-state index is -0.0426. The molecule has 1 aliphatic rings. The van der Waals surface area contributed by atoms with E-state index in [1.807, 2.05) is 24.3 Å². The Bertz CT molecular complexity index is 1090. The summed E-state index contributed by atoms with van der Waals surface area (Å²) in [6, 6.07) is 7.84. The Morgan fingerprint density at radius 2 is 2.07 bits per heavy atom. The lowest BCUT2D eigenvalue weighted by atomic mass is 9.97. The number of methoxy groups -OCH3 is 1. The number of nitrogens with zero attached hydrogens (tertiary/aromatic N) is 1. The standard InChI is InChI=1S/C22H25N3O3S2/c1-28-15-8-6-14(7-9-15)10-11-23-19(26)13-29-12-18-24-21(27)20-16-4-2-3-5-17(16)30-22(20)25-18/h6-9H,2-5,10-13H2,1H3,(H,23,26)(H,24,25,27). The van der Waals surface area contributed by atoms with Crippen molar-refractivity contribution < 1.29 is 9.53 Å². The SMILES string of the molecule is COc1ccc(CCNC(=O)CSCc2nc3sc4c(c3c(=O)[nH]2)CCCC4)cc1. The summed E-state index contributed by atoms with van der Waals surface area (Å²) in [6.45, 7) is 0.591. The molecule has 0 radical (unpaired) electrons. The number of benzene rings is 1. The van der Waals surface area contributed by atoms with Crippen LogP contribution in [0.1, 0.15) is 34.7 Å². The van der Waals surface area contributed by atoms with Crippen molar-refractivity contribution >= 4 is 39.2 Å². The Hall–Kier alpha value is -2.32. The maximum absolute atomic E-state index is 12.6. The zero-order valence-electron chi connectivity index (χ0n) is 17.0. The molecule has 0 fully saturated rings. The van der Waals surface area contributed by atoms with Crippen LogP contribution in [0.4, 0.5) is 0 Å². The zero-order valence-corrected chi connectivity index (χ0v) is 18.6. The van der Waals surface area contributed by atoms with Gasteiger partial charge in [-0.05, 0) is 55.4 Å². The molecule has 1 aliphatic carbocycles. The van der Waals surface area contributed by atoms with E-state index in [2.05, 4.69) is 15.3 Å². The highest BCUT2D eigenvalue weighted by atomic mass is 32.2. The van der Waals surface area contributed by atoms with E-state index in [9.17, 15) is 9.59 Å². The molecule has 2 heterocycles. The molecule has 30 heavy (non-hydrogen) atoms. The molecule has 2 N–H and O–H groups in total. The van der Waals surface area contributed by atoms with Crippen LogP contribution in [0, 0.1) is 0 Å². The number of carbonyl (C=O) groups excluding carboxylic acids is 1. The fourth-order valence-electron chi connectivity index (χ4n) is 3.71. The summed E-state index contributed by atoms with van der Waals surface area (Å²) in [7, 11) is 1.64. The van der Waals surface area contributed by atoms with Crippen molar-refractivity contribution in [1.82, 2.24) is 15.3 Å². The number of aryl methyl sites for hydroxylation is 2. The highest BCUT2D eigenvalue weighted by Crippen LogP contribution is 2.33. The van der Waals surface area contributed by atoms with Gasteiger partial charge in [0.2, 0.25) is 5.91 Å². The number of amides is 1. The van der Waals surface area contributed by atoms with Gasteiger partial charge in [0.1, 0.15) is 16.4 Å². The first-order valence-electron chi connectivity index (χ1n) is 10.1. The van der Waals surface area contributed by atoms with Crippen molar-refractivity contribution in [2.75, 3.05) is 19.4 Å². The van der Waals surface area contributed by atoms with Crippen LogP contribution >= 0.6 is 23.1 Å². The highest BCUT2D eigenvalue weighted by Gasteiger charge is 2.19. The van der Waals surface area contributed by atoms with E-state index < -0.39 is 0 Å². The minimum Gasteiger partial charge on any atom is -0.497 e. The van der Waals surface area contributed by atoms with Gasteiger partial charge in [-0.3, -0.25) is 9.59 Å². The summed E-state index contributed by atoms with van der Waals surface area (Å²) in [5.74, 6) is 2.31. The fourth-order valence-corrected chi connectivity index (χ4v) is 5.71. The zero-order chi connectivity index (χ0) is 20.9. The second-order valence-corrected chi connectivity index (χ2v) is 9.41. The Kier molecular flexibility index (Phi) is 6.74. The largest absolute Gasteiger partial charge is 0.497 e.